The molecule has 19 heavy (non-hydrogen) atoms. The molecule has 1 heterocycles. The summed E-state index contributed by atoms with van der Waals surface area (Å²) in [7, 11) is 0. The van der Waals surface area contributed by atoms with Crippen LogP contribution in [0, 0.1) is 12.7 Å². The molecule has 2 aromatic carbocycles. The number of hydrogen-bond donors (Lipinski definition) is 0. The van der Waals surface area contributed by atoms with Crippen molar-refractivity contribution < 1.29 is 4.39 Å². The van der Waals surface area contributed by atoms with E-state index in [1.165, 1.54) is 17.4 Å². The maximum atomic E-state index is 13.6. The summed E-state index contributed by atoms with van der Waals surface area (Å²) in [6.45, 7) is 1.74. The maximum absolute atomic E-state index is 13.6. The van der Waals surface area contributed by atoms with E-state index in [1.54, 1.807) is 13.0 Å². The highest BCUT2D eigenvalue weighted by atomic mass is 32.1. The molecule has 0 saturated heterocycles. The van der Waals surface area contributed by atoms with Crippen LogP contribution in [0.25, 0.3) is 21.1 Å². The standard InChI is InChI=1S/C15H11FN2S/c1-10-7-8-12(9-13(10)16)15-18-17-14(19-15)11-5-3-2-4-6-11/h2-9H,1H3. The van der Waals surface area contributed by atoms with Gasteiger partial charge >= 0.3 is 0 Å². The van der Waals surface area contributed by atoms with Crippen molar-refractivity contribution in [2.24, 2.45) is 0 Å². The second-order valence-electron chi connectivity index (χ2n) is 4.24. The number of nitrogens with zero attached hydrogens (tertiary/aromatic N) is 2. The first-order chi connectivity index (χ1) is 9.24. The van der Waals surface area contributed by atoms with Gasteiger partial charge in [0.2, 0.25) is 0 Å². The predicted octanol–water partition coefficient (Wildman–Crippen LogP) is 4.32. The Morgan fingerprint density at radius 3 is 2.26 bits per heavy atom. The SMILES string of the molecule is Cc1ccc(-c2nnc(-c3ccccc3)s2)cc1F. The first kappa shape index (κ1) is 12.0. The lowest BCUT2D eigenvalue weighted by Gasteiger charge is -1.98. The van der Waals surface area contributed by atoms with E-state index in [4.69, 9.17) is 0 Å². The first-order valence-corrected chi connectivity index (χ1v) is 6.71. The van der Waals surface area contributed by atoms with Crippen molar-refractivity contribution >= 4 is 11.3 Å². The summed E-state index contributed by atoms with van der Waals surface area (Å²) >= 11 is 1.46. The molecule has 0 N–H and O–H groups in total. The molecular formula is C15H11FN2S. The lowest BCUT2D eigenvalue weighted by atomic mass is 10.1. The molecule has 3 rings (SSSR count). The van der Waals surface area contributed by atoms with E-state index in [1.807, 2.05) is 36.4 Å². The number of hydrogen-bond acceptors (Lipinski definition) is 3. The molecule has 0 radical (unpaired) electrons. The number of halogens is 1. The topological polar surface area (TPSA) is 25.8 Å². The van der Waals surface area contributed by atoms with Crippen LogP contribution >= 0.6 is 11.3 Å². The van der Waals surface area contributed by atoms with Crippen LogP contribution in [-0.2, 0) is 0 Å². The molecule has 0 fully saturated rings. The zero-order valence-electron chi connectivity index (χ0n) is 10.3. The molecule has 2 nitrogen and oxygen atoms in total. The summed E-state index contributed by atoms with van der Waals surface area (Å²) in [5.74, 6) is -0.214. The number of aryl methyl sites for hydroxylation is 1. The summed E-state index contributed by atoms with van der Waals surface area (Å²) < 4.78 is 13.6. The molecule has 0 spiro atoms. The van der Waals surface area contributed by atoms with Gasteiger partial charge in [0.25, 0.3) is 0 Å². The average Bonchev–Trinajstić information content (AvgIpc) is 2.93. The van der Waals surface area contributed by atoms with Crippen molar-refractivity contribution in [3.8, 4) is 21.1 Å². The van der Waals surface area contributed by atoms with Crippen LogP contribution in [0.4, 0.5) is 4.39 Å². The minimum absolute atomic E-state index is 0.214. The van der Waals surface area contributed by atoms with Gasteiger partial charge in [-0.2, -0.15) is 0 Å². The molecule has 0 bridgehead atoms. The summed E-state index contributed by atoms with van der Waals surface area (Å²) in [6.07, 6.45) is 0. The van der Waals surface area contributed by atoms with E-state index >= 15 is 0 Å². The molecule has 4 heteroatoms. The lowest BCUT2D eigenvalue weighted by Crippen LogP contribution is -1.83. The Hall–Kier alpha value is -2.07. The molecular weight excluding hydrogens is 259 g/mol. The quantitative estimate of drug-likeness (QED) is 0.693. The monoisotopic (exact) mass is 270 g/mol. The van der Waals surface area contributed by atoms with Gasteiger partial charge in [0.1, 0.15) is 15.8 Å². The lowest BCUT2D eigenvalue weighted by molar-refractivity contribution is 0.619. The van der Waals surface area contributed by atoms with Gasteiger partial charge in [0.15, 0.2) is 0 Å². The molecule has 0 unspecified atom stereocenters. The van der Waals surface area contributed by atoms with Crippen molar-refractivity contribution in [3.63, 3.8) is 0 Å². The van der Waals surface area contributed by atoms with Crippen LogP contribution in [0.5, 0.6) is 0 Å². The van der Waals surface area contributed by atoms with Crippen LogP contribution in [0.3, 0.4) is 0 Å². The zero-order chi connectivity index (χ0) is 13.2. The van der Waals surface area contributed by atoms with Crippen LogP contribution in [0.2, 0.25) is 0 Å². The van der Waals surface area contributed by atoms with Crippen LogP contribution in [-0.4, -0.2) is 10.2 Å². The molecule has 94 valence electrons. The van der Waals surface area contributed by atoms with Gasteiger partial charge in [-0.05, 0) is 18.6 Å². The van der Waals surface area contributed by atoms with Crippen LogP contribution in [0.1, 0.15) is 5.56 Å². The fourth-order valence-electron chi connectivity index (χ4n) is 1.76. The Morgan fingerprint density at radius 1 is 0.895 bits per heavy atom. The molecule has 0 amide bonds. The van der Waals surface area contributed by atoms with E-state index in [0.717, 1.165) is 21.1 Å². The van der Waals surface area contributed by atoms with E-state index in [9.17, 15) is 4.39 Å². The van der Waals surface area contributed by atoms with Gasteiger partial charge in [-0.15, -0.1) is 10.2 Å². The molecule has 0 aliphatic heterocycles. The number of rotatable bonds is 2. The van der Waals surface area contributed by atoms with Gasteiger partial charge in [-0.3, -0.25) is 0 Å². The summed E-state index contributed by atoms with van der Waals surface area (Å²) in [5, 5.41) is 9.87. The molecule has 0 saturated carbocycles. The van der Waals surface area contributed by atoms with Crippen molar-refractivity contribution in [2.75, 3.05) is 0 Å². The van der Waals surface area contributed by atoms with Gasteiger partial charge in [0, 0.05) is 11.1 Å². The van der Waals surface area contributed by atoms with Crippen molar-refractivity contribution in [2.45, 2.75) is 6.92 Å². The third-order valence-corrected chi connectivity index (χ3v) is 3.89. The largest absolute Gasteiger partial charge is 0.207 e. The Balaban J connectivity index is 1.99. The Morgan fingerprint density at radius 2 is 1.58 bits per heavy atom. The highest BCUT2D eigenvalue weighted by Gasteiger charge is 2.09. The molecule has 0 aliphatic rings. The summed E-state index contributed by atoms with van der Waals surface area (Å²) in [4.78, 5) is 0. The van der Waals surface area contributed by atoms with E-state index in [2.05, 4.69) is 10.2 Å². The minimum atomic E-state index is -0.214. The third kappa shape index (κ3) is 2.39. The van der Waals surface area contributed by atoms with Crippen LogP contribution in [0.15, 0.2) is 48.5 Å². The average molecular weight is 270 g/mol. The number of aromatic nitrogens is 2. The fraction of sp³-hybridized carbons (Fsp3) is 0.0667. The van der Waals surface area contributed by atoms with Gasteiger partial charge in [0.05, 0.1) is 0 Å². The van der Waals surface area contributed by atoms with Crippen molar-refractivity contribution in [1.82, 2.24) is 10.2 Å². The van der Waals surface area contributed by atoms with Crippen molar-refractivity contribution in [1.29, 1.82) is 0 Å². The zero-order valence-corrected chi connectivity index (χ0v) is 11.1. The summed E-state index contributed by atoms with van der Waals surface area (Å²) in [5.41, 5.74) is 2.43. The Kier molecular flexibility index (Phi) is 3.09. The van der Waals surface area contributed by atoms with Crippen molar-refractivity contribution in [3.05, 3.63) is 59.9 Å². The fourth-order valence-corrected chi connectivity index (χ4v) is 2.61. The Bertz CT molecular complexity index is 707. The third-order valence-electron chi connectivity index (χ3n) is 2.86. The van der Waals surface area contributed by atoms with Gasteiger partial charge in [-0.25, -0.2) is 4.39 Å². The molecule has 0 aliphatic carbocycles. The van der Waals surface area contributed by atoms with E-state index in [-0.39, 0.29) is 5.82 Å². The predicted molar refractivity (Wildman–Crippen MR) is 75.5 cm³/mol. The normalized spacial score (nSPS) is 10.6. The Labute approximate surface area is 114 Å². The van der Waals surface area contributed by atoms with E-state index < -0.39 is 0 Å². The minimum Gasteiger partial charge on any atom is -0.207 e. The maximum Gasteiger partial charge on any atom is 0.148 e. The molecule has 3 aromatic rings. The molecule has 0 atom stereocenters. The second kappa shape index (κ2) is 4.90. The smallest absolute Gasteiger partial charge is 0.148 e. The van der Waals surface area contributed by atoms with E-state index in [0.29, 0.717) is 5.56 Å². The molecule has 1 aromatic heterocycles. The van der Waals surface area contributed by atoms with Crippen LogP contribution < -0.4 is 0 Å². The number of benzene rings is 2. The highest BCUT2D eigenvalue weighted by Crippen LogP contribution is 2.30. The van der Waals surface area contributed by atoms with Gasteiger partial charge in [-0.1, -0.05) is 53.8 Å². The van der Waals surface area contributed by atoms with Gasteiger partial charge < -0.3 is 0 Å². The highest BCUT2D eigenvalue weighted by molar-refractivity contribution is 7.17. The second-order valence-corrected chi connectivity index (χ2v) is 5.22. The first-order valence-electron chi connectivity index (χ1n) is 5.89. The summed E-state index contributed by atoms with van der Waals surface area (Å²) in [6, 6.07) is 15.0.